The molecular weight excluding hydrogens is 335 g/mol. The second kappa shape index (κ2) is 6.22. The number of aromatic nitrogens is 4. The van der Waals surface area contributed by atoms with Crippen molar-refractivity contribution in [3.63, 3.8) is 0 Å². The summed E-state index contributed by atoms with van der Waals surface area (Å²) in [6.07, 6.45) is -4.42. The van der Waals surface area contributed by atoms with Gasteiger partial charge >= 0.3 is 6.18 Å². The highest BCUT2D eigenvalue weighted by Crippen LogP contribution is 2.33. The maximum Gasteiger partial charge on any atom is 0.445 e. The van der Waals surface area contributed by atoms with Gasteiger partial charge in [-0.05, 0) is 0 Å². The SMILES string of the molecule is CC(C)(C)c1noc(CCC(=O)Nc2nnc(C(F)(F)F)s2)n1. The Bertz CT molecular complexity index is 689. The van der Waals surface area contributed by atoms with Crippen molar-refractivity contribution >= 4 is 22.4 Å². The van der Waals surface area contributed by atoms with Crippen LogP contribution >= 0.6 is 11.3 Å². The zero-order valence-electron chi connectivity index (χ0n) is 12.6. The van der Waals surface area contributed by atoms with Crippen molar-refractivity contribution in [2.24, 2.45) is 0 Å². The third-order valence-corrected chi connectivity index (χ3v) is 3.50. The first kappa shape index (κ1) is 17.3. The number of rotatable bonds is 4. The van der Waals surface area contributed by atoms with Gasteiger partial charge in [-0.2, -0.15) is 18.2 Å². The average Bonchev–Trinajstić information content (AvgIpc) is 3.03. The van der Waals surface area contributed by atoms with E-state index in [9.17, 15) is 18.0 Å². The van der Waals surface area contributed by atoms with Crippen molar-refractivity contribution in [1.29, 1.82) is 0 Å². The predicted molar refractivity (Wildman–Crippen MR) is 74.9 cm³/mol. The fourth-order valence-corrected chi connectivity index (χ4v) is 2.08. The Balaban J connectivity index is 1.88. The van der Waals surface area contributed by atoms with E-state index in [0.29, 0.717) is 11.7 Å². The summed E-state index contributed by atoms with van der Waals surface area (Å²) in [5.41, 5.74) is -0.273. The maximum absolute atomic E-state index is 12.4. The summed E-state index contributed by atoms with van der Waals surface area (Å²) < 4.78 is 42.1. The monoisotopic (exact) mass is 349 g/mol. The molecule has 1 N–H and O–H groups in total. The van der Waals surface area contributed by atoms with Gasteiger partial charge in [-0.25, -0.2) is 0 Å². The Morgan fingerprint density at radius 2 is 1.96 bits per heavy atom. The molecule has 7 nitrogen and oxygen atoms in total. The molecule has 0 atom stereocenters. The normalized spacial score (nSPS) is 12.4. The number of alkyl halides is 3. The summed E-state index contributed by atoms with van der Waals surface area (Å²) in [7, 11) is 0. The van der Waals surface area contributed by atoms with Crippen molar-refractivity contribution < 1.29 is 22.5 Å². The summed E-state index contributed by atoms with van der Waals surface area (Å²) >= 11 is 0.267. The molecule has 0 aromatic carbocycles. The van der Waals surface area contributed by atoms with Gasteiger partial charge in [0.05, 0.1) is 0 Å². The van der Waals surface area contributed by atoms with E-state index in [-0.39, 0.29) is 34.7 Å². The van der Waals surface area contributed by atoms with Crippen LogP contribution in [0, 0.1) is 0 Å². The molecule has 1 amide bonds. The molecule has 2 aromatic heterocycles. The molecule has 23 heavy (non-hydrogen) atoms. The smallest absolute Gasteiger partial charge is 0.339 e. The standard InChI is InChI=1S/C12H14F3N5O2S/c1-11(2,3)8-17-7(22-20-8)5-4-6(21)16-10-19-18-9(23-10)12(13,14)15/h4-5H2,1-3H3,(H,16,19,21). The first-order valence-corrected chi connectivity index (χ1v) is 7.41. The zero-order chi connectivity index (χ0) is 17.3. The topological polar surface area (TPSA) is 93.8 Å². The minimum atomic E-state index is -4.58. The Morgan fingerprint density at radius 3 is 2.48 bits per heavy atom. The van der Waals surface area contributed by atoms with Crippen LogP contribution in [-0.2, 0) is 22.8 Å². The molecule has 11 heteroatoms. The Morgan fingerprint density at radius 1 is 1.26 bits per heavy atom. The number of aryl methyl sites for hydroxylation is 1. The van der Waals surface area contributed by atoms with E-state index in [1.807, 2.05) is 20.8 Å². The number of nitrogens with one attached hydrogen (secondary N) is 1. The van der Waals surface area contributed by atoms with Crippen molar-refractivity contribution in [3.05, 3.63) is 16.7 Å². The molecule has 0 spiro atoms. The highest BCUT2D eigenvalue weighted by Gasteiger charge is 2.35. The van der Waals surface area contributed by atoms with Crippen LogP contribution < -0.4 is 5.32 Å². The summed E-state index contributed by atoms with van der Waals surface area (Å²) in [6, 6.07) is 0. The zero-order valence-corrected chi connectivity index (χ0v) is 13.4. The van der Waals surface area contributed by atoms with Crippen LogP contribution in [0.5, 0.6) is 0 Å². The quantitative estimate of drug-likeness (QED) is 0.912. The lowest BCUT2D eigenvalue weighted by atomic mass is 9.96. The van der Waals surface area contributed by atoms with Crippen molar-refractivity contribution in [2.45, 2.75) is 45.2 Å². The molecule has 0 radical (unpaired) electrons. The van der Waals surface area contributed by atoms with Gasteiger partial charge in [-0.1, -0.05) is 37.3 Å². The molecule has 0 aliphatic heterocycles. The lowest BCUT2D eigenvalue weighted by Gasteiger charge is -2.10. The van der Waals surface area contributed by atoms with Crippen LogP contribution in [0.15, 0.2) is 4.52 Å². The number of carbonyl (C=O) groups is 1. The Hall–Kier alpha value is -2.04. The van der Waals surface area contributed by atoms with Gasteiger partial charge in [0.25, 0.3) is 0 Å². The molecular formula is C12H14F3N5O2S. The van der Waals surface area contributed by atoms with Crippen molar-refractivity contribution in [2.75, 3.05) is 5.32 Å². The Kier molecular flexibility index (Phi) is 4.68. The van der Waals surface area contributed by atoms with Gasteiger partial charge in [0.15, 0.2) is 5.82 Å². The van der Waals surface area contributed by atoms with E-state index >= 15 is 0 Å². The molecule has 0 fully saturated rings. The van der Waals surface area contributed by atoms with Gasteiger partial charge in [-0.15, -0.1) is 10.2 Å². The highest BCUT2D eigenvalue weighted by molar-refractivity contribution is 7.15. The predicted octanol–water partition coefficient (Wildman–Crippen LogP) is 2.81. The number of amides is 1. The number of hydrogen-bond acceptors (Lipinski definition) is 7. The maximum atomic E-state index is 12.4. The van der Waals surface area contributed by atoms with Crippen molar-refractivity contribution in [3.8, 4) is 0 Å². The van der Waals surface area contributed by atoms with Crippen LogP contribution in [0.3, 0.4) is 0 Å². The number of anilines is 1. The van der Waals surface area contributed by atoms with Gasteiger partial charge in [0.1, 0.15) is 0 Å². The van der Waals surface area contributed by atoms with E-state index in [1.54, 1.807) is 0 Å². The average molecular weight is 349 g/mol. The fourth-order valence-electron chi connectivity index (χ4n) is 1.45. The van der Waals surface area contributed by atoms with Crippen LogP contribution in [0.4, 0.5) is 18.3 Å². The molecule has 0 saturated carbocycles. The second-order valence-corrected chi connectivity index (χ2v) is 6.70. The van der Waals surface area contributed by atoms with E-state index in [2.05, 4.69) is 25.7 Å². The van der Waals surface area contributed by atoms with Gasteiger partial charge < -0.3 is 9.84 Å². The van der Waals surface area contributed by atoms with Crippen LogP contribution in [-0.4, -0.2) is 26.2 Å². The molecule has 2 heterocycles. The number of hydrogen-bond donors (Lipinski definition) is 1. The molecule has 0 aliphatic carbocycles. The third-order valence-electron chi connectivity index (χ3n) is 2.62. The summed E-state index contributed by atoms with van der Waals surface area (Å²) in [4.78, 5) is 15.9. The molecule has 0 aliphatic rings. The van der Waals surface area contributed by atoms with E-state index in [4.69, 9.17) is 4.52 Å². The van der Waals surface area contributed by atoms with Crippen LogP contribution in [0.1, 0.15) is 43.9 Å². The lowest BCUT2D eigenvalue weighted by molar-refractivity contribution is -0.138. The van der Waals surface area contributed by atoms with Crippen LogP contribution in [0.25, 0.3) is 0 Å². The largest absolute Gasteiger partial charge is 0.445 e. The minimum absolute atomic E-state index is 0.0211. The lowest BCUT2D eigenvalue weighted by Crippen LogP contribution is -2.14. The van der Waals surface area contributed by atoms with E-state index < -0.39 is 17.1 Å². The first-order chi connectivity index (χ1) is 10.6. The highest BCUT2D eigenvalue weighted by atomic mass is 32.1. The van der Waals surface area contributed by atoms with Gasteiger partial charge in [-0.3, -0.25) is 4.79 Å². The molecule has 0 bridgehead atoms. The third kappa shape index (κ3) is 4.71. The first-order valence-electron chi connectivity index (χ1n) is 6.59. The number of nitrogens with zero attached hydrogens (tertiary/aromatic N) is 4. The number of carbonyl (C=O) groups excluding carboxylic acids is 1. The molecule has 2 rings (SSSR count). The molecule has 0 saturated heterocycles. The van der Waals surface area contributed by atoms with Gasteiger partial charge in [0, 0.05) is 18.3 Å². The molecule has 2 aromatic rings. The Labute approximate surface area is 133 Å². The second-order valence-electron chi connectivity index (χ2n) is 5.72. The summed E-state index contributed by atoms with van der Waals surface area (Å²) in [5.74, 6) is 0.301. The minimum Gasteiger partial charge on any atom is -0.339 e. The molecule has 126 valence electrons. The fraction of sp³-hybridized carbons (Fsp3) is 0.583. The van der Waals surface area contributed by atoms with Gasteiger partial charge in [0.2, 0.25) is 21.9 Å². The summed E-state index contributed by atoms with van der Waals surface area (Å²) in [6.45, 7) is 5.76. The van der Waals surface area contributed by atoms with E-state index in [1.165, 1.54) is 0 Å². The number of halogens is 3. The van der Waals surface area contributed by atoms with Crippen LogP contribution in [0.2, 0.25) is 0 Å². The van der Waals surface area contributed by atoms with Crippen molar-refractivity contribution in [1.82, 2.24) is 20.3 Å². The molecule has 0 unspecified atom stereocenters. The summed E-state index contributed by atoms with van der Waals surface area (Å²) in [5, 5.41) is 11.0. The van der Waals surface area contributed by atoms with E-state index in [0.717, 1.165) is 0 Å².